The molecule has 2 atom stereocenters. The molecule has 0 aliphatic heterocycles. The Hall–Kier alpha value is -0.662. The van der Waals surface area contributed by atoms with Gasteiger partial charge in [-0.1, -0.05) is 0 Å². The summed E-state index contributed by atoms with van der Waals surface area (Å²) in [4.78, 5) is 16.3. The van der Waals surface area contributed by atoms with E-state index in [2.05, 4.69) is 4.99 Å². The summed E-state index contributed by atoms with van der Waals surface area (Å²) in [6, 6.07) is 0. The maximum absolute atomic E-state index is 11.1. The van der Waals surface area contributed by atoms with E-state index >= 15 is 0 Å². The van der Waals surface area contributed by atoms with Crippen LogP contribution in [0.25, 0.3) is 0 Å². The number of amides is 1. The molecular formula is C14H24AsN3O2S. The molecule has 0 aromatic rings. The third-order valence-corrected chi connectivity index (χ3v) is 8.70. The van der Waals surface area contributed by atoms with Gasteiger partial charge in [0.1, 0.15) is 0 Å². The summed E-state index contributed by atoms with van der Waals surface area (Å²) in [5.74, 6) is 0.722. The van der Waals surface area contributed by atoms with Crippen LogP contribution < -0.4 is 0 Å². The maximum atomic E-state index is 11.1. The van der Waals surface area contributed by atoms with Gasteiger partial charge in [-0.15, -0.1) is 0 Å². The fraction of sp³-hybridized carbons (Fsp3) is 0.786. The van der Waals surface area contributed by atoms with Crippen LogP contribution in [0.3, 0.4) is 0 Å². The first-order chi connectivity index (χ1) is 10.1. The van der Waals surface area contributed by atoms with E-state index in [1.165, 1.54) is 48.8 Å². The second-order valence-electron chi connectivity index (χ2n) is 5.47. The number of aliphatic imine (C=N–C) groups is 1. The fourth-order valence-electron chi connectivity index (χ4n) is 2.77. The molecule has 5 nitrogen and oxygen atoms in total. The van der Waals surface area contributed by atoms with Crippen molar-refractivity contribution in [1.82, 2.24) is 4.90 Å². The van der Waals surface area contributed by atoms with E-state index in [1.807, 2.05) is 12.4 Å². The Morgan fingerprint density at radius 3 is 2.71 bits per heavy atom. The van der Waals surface area contributed by atoms with E-state index < -0.39 is 21.8 Å². The number of thioether (sulfide) groups is 1. The SMILES string of the molecule is CSC(=NC#N)[AsH]C(CC1CCCCC1)CN(C)C(=O)O. The Balaban J connectivity index is 2.66. The first-order valence-corrected chi connectivity index (χ1v) is 10.8. The van der Waals surface area contributed by atoms with Crippen LogP contribution in [0.1, 0.15) is 38.5 Å². The van der Waals surface area contributed by atoms with Crippen LogP contribution in [0.4, 0.5) is 4.79 Å². The first-order valence-electron chi connectivity index (χ1n) is 7.28. The topological polar surface area (TPSA) is 76.7 Å². The molecule has 0 radical (unpaired) electrons. The summed E-state index contributed by atoms with van der Waals surface area (Å²) in [6.45, 7) is 0.566. The number of carboxylic acid groups (broad SMARTS) is 1. The minimum absolute atomic E-state index is 0.369. The second-order valence-corrected chi connectivity index (χ2v) is 10.3. The average Bonchev–Trinajstić information content (AvgIpc) is 2.47. The Labute approximate surface area is 137 Å². The zero-order chi connectivity index (χ0) is 15.7. The van der Waals surface area contributed by atoms with Crippen molar-refractivity contribution in [3.63, 3.8) is 0 Å². The quantitative estimate of drug-likeness (QED) is 0.336. The van der Waals surface area contributed by atoms with Gasteiger partial charge in [-0.25, -0.2) is 0 Å². The Morgan fingerprint density at radius 2 is 2.19 bits per heavy atom. The average molecular weight is 373 g/mol. The van der Waals surface area contributed by atoms with Gasteiger partial charge in [-0.2, -0.15) is 0 Å². The Bertz CT molecular complexity index is 406. The molecule has 1 aliphatic carbocycles. The molecule has 0 spiro atoms. The predicted octanol–water partition coefficient (Wildman–Crippen LogP) is 2.99. The van der Waals surface area contributed by atoms with Crippen molar-refractivity contribution in [2.75, 3.05) is 19.8 Å². The zero-order valence-corrected chi connectivity index (χ0v) is 15.6. The third kappa shape index (κ3) is 7.24. The molecule has 1 fully saturated rings. The number of nitrogens with zero attached hydrogens (tertiary/aromatic N) is 3. The fourth-order valence-corrected chi connectivity index (χ4v) is 7.31. The summed E-state index contributed by atoms with van der Waals surface area (Å²) >= 11 is 0.972. The van der Waals surface area contributed by atoms with Crippen molar-refractivity contribution in [2.24, 2.45) is 10.9 Å². The van der Waals surface area contributed by atoms with Crippen molar-refractivity contribution in [3.8, 4) is 6.19 Å². The predicted molar refractivity (Wildman–Crippen MR) is 89.3 cm³/mol. The van der Waals surface area contributed by atoms with Crippen LogP contribution in [0.5, 0.6) is 0 Å². The van der Waals surface area contributed by atoms with E-state index in [0.717, 1.165) is 16.2 Å². The van der Waals surface area contributed by atoms with Crippen LogP contribution in [0.15, 0.2) is 4.99 Å². The van der Waals surface area contributed by atoms with Crippen molar-refractivity contribution < 1.29 is 9.90 Å². The van der Waals surface area contributed by atoms with Crippen LogP contribution in [-0.4, -0.2) is 55.5 Å². The molecule has 1 N–H and O–H groups in total. The number of hydrogen-bond donors (Lipinski definition) is 1. The van der Waals surface area contributed by atoms with Crippen LogP contribution >= 0.6 is 11.8 Å². The van der Waals surface area contributed by atoms with E-state index in [9.17, 15) is 4.79 Å². The molecule has 118 valence electrons. The second kappa shape index (κ2) is 10.1. The summed E-state index contributed by atoms with van der Waals surface area (Å²) in [7, 11) is 1.63. The molecule has 1 amide bonds. The van der Waals surface area contributed by atoms with Crippen molar-refractivity contribution >= 4 is 37.4 Å². The summed E-state index contributed by atoms with van der Waals surface area (Å²) < 4.78 is 1.30. The van der Waals surface area contributed by atoms with Crippen molar-refractivity contribution in [1.29, 1.82) is 5.26 Å². The van der Waals surface area contributed by atoms with Gasteiger partial charge in [-0.05, 0) is 0 Å². The molecule has 0 aromatic carbocycles. The molecule has 1 aliphatic rings. The van der Waals surface area contributed by atoms with Gasteiger partial charge in [0, 0.05) is 0 Å². The monoisotopic (exact) mass is 373 g/mol. The number of carbonyl (C=O) groups is 1. The van der Waals surface area contributed by atoms with Gasteiger partial charge in [0.2, 0.25) is 0 Å². The first kappa shape index (κ1) is 18.4. The standard InChI is InChI=1S/C14H24AsN3O2S/c1-18(14(19)20)9-12(15-13(21-2)17-10-16)8-11-6-4-3-5-7-11/h11-12,15H,3-9H2,1-2H3,(H,19,20). The number of rotatable bonds is 6. The molecule has 0 bridgehead atoms. The van der Waals surface area contributed by atoms with Gasteiger partial charge in [-0.3, -0.25) is 0 Å². The Kier molecular flexibility index (Phi) is 8.87. The van der Waals surface area contributed by atoms with Gasteiger partial charge < -0.3 is 0 Å². The van der Waals surface area contributed by atoms with E-state index in [-0.39, 0.29) is 0 Å². The Morgan fingerprint density at radius 1 is 1.52 bits per heavy atom. The summed E-state index contributed by atoms with van der Waals surface area (Å²) in [6.07, 6.45) is 10.5. The zero-order valence-electron chi connectivity index (χ0n) is 12.7. The van der Waals surface area contributed by atoms with Crippen molar-refractivity contribution in [2.45, 2.75) is 43.2 Å². The third-order valence-electron chi connectivity index (χ3n) is 3.84. The van der Waals surface area contributed by atoms with E-state index in [4.69, 9.17) is 10.4 Å². The molecule has 21 heavy (non-hydrogen) atoms. The van der Waals surface area contributed by atoms with Gasteiger partial charge in [0.05, 0.1) is 0 Å². The van der Waals surface area contributed by atoms with Gasteiger partial charge in [0.25, 0.3) is 0 Å². The van der Waals surface area contributed by atoms with Crippen LogP contribution in [0, 0.1) is 17.4 Å². The molecular weight excluding hydrogens is 349 g/mol. The molecule has 2 unspecified atom stereocenters. The summed E-state index contributed by atoms with van der Waals surface area (Å²) in [5.41, 5.74) is 0. The van der Waals surface area contributed by atoms with Gasteiger partial charge >= 0.3 is 138 Å². The van der Waals surface area contributed by atoms with Crippen molar-refractivity contribution in [3.05, 3.63) is 0 Å². The van der Waals surface area contributed by atoms with E-state index in [0.29, 0.717) is 11.3 Å². The van der Waals surface area contributed by atoms with Crippen LogP contribution in [-0.2, 0) is 0 Å². The normalized spacial score (nSPS) is 18.6. The van der Waals surface area contributed by atoms with Gasteiger partial charge in [0.15, 0.2) is 0 Å². The van der Waals surface area contributed by atoms with E-state index in [1.54, 1.807) is 7.05 Å². The molecule has 0 heterocycles. The minimum atomic E-state index is -0.877. The summed E-state index contributed by atoms with van der Waals surface area (Å²) in [5, 5.41) is 17.8. The number of nitriles is 1. The molecule has 1 saturated carbocycles. The van der Waals surface area contributed by atoms with Crippen LogP contribution in [0.2, 0.25) is 4.71 Å². The molecule has 7 heteroatoms. The molecule has 0 saturated heterocycles. The molecule has 0 aromatic heterocycles. The molecule has 1 rings (SSSR count). The number of hydrogen-bond acceptors (Lipinski definition) is 4.